The molecule has 0 aromatic heterocycles. The Labute approximate surface area is 348 Å². The minimum Gasteiger partial charge on any atom is -0.436 e. The Balaban J connectivity index is 5.46. The van der Waals surface area contributed by atoms with Crippen LogP contribution in [0.4, 0.5) is 4.39 Å². The molecule has 0 spiro atoms. The zero-order valence-corrected chi connectivity index (χ0v) is 50.1. The Kier molecular flexibility index (Phi) is 22.4. The lowest BCUT2D eigenvalue weighted by atomic mass is 10.5. The molecule has 332 valence electrons. The molecule has 0 unspecified atom stereocenters. The van der Waals surface area contributed by atoms with E-state index in [0.717, 1.165) is 31.0 Å². The van der Waals surface area contributed by atoms with Crippen molar-refractivity contribution in [1.29, 1.82) is 0 Å². The molecule has 0 aromatic carbocycles. The van der Waals surface area contributed by atoms with E-state index in [2.05, 4.69) is 131 Å². The van der Waals surface area contributed by atoms with E-state index in [4.69, 9.17) is 55.1 Å². The molecule has 0 aromatic rings. The average Bonchev–Trinajstić information content (AvgIpc) is 2.87. The van der Waals surface area contributed by atoms with Crippen LogP contribution >= 0.6 is 0 Å². The maximum Gasteiger partial charge on any atom is 0.500 e. The predicted molar refractivity (Wildman–Crippen MR) is 247 cm³/mol. The zero-order chi connectivity index (χ0) is 43.6. The minimum absolute atomic E-state index is 0.396. The second-order valence-corrected chi connectivity index (χ2v) is 59.8. The van der Waals surface area contributed by atoms with Gasteiger partial charge >= 0.3 is 77.3 Å². The maximum atomic E-state index is 12.4. The summed E-state index contributed by atoms with van der Waals surface area (Å²) in [5.74, 6) is 0. The molecule has 25 heteroatoms. The van der Waals surface area contributed by atoms with E-state index in [1.54, 1.807) is 21.3 Å². The first-order chi connectivity index (χ1) is 24.3. The number of hydrogen-bond donors (Lipinski definition) is 0. The van der Waals surface area contributed by atoms with E-state index in [1.807, 2.05) is 0 Å². The largest absolute Gasteiger partial charge is 0.500 e. The van der Waals surface area contributed by atoms with Crippen molar-refractivity contribution >= 4 is 93.9 Å². The fraction of sp³-hybridized carbons (Fsp3) is 1.00. The molecule has 0 saturated heterocycles. The van der Waals surface area contributed by atoms with Gasteiger partial charge in [0.15, 0.2) is 23.5 Å². The van der Waals surface area contributed by atoms with Crippen LogP contribution in [-0.2, 0) is 55.1 Å². The average molecular weight is 980 g/mol. The van der Waals surface area contributed by atoms with Crippen molar-refractivity contribution in [3.05, 3.63) is 0 Å². The van der Waals surface area contributed by atoms with Gasteiger partial charge in [0.25, 0.3) is 0 Å². The van der Waals surface area contributed by atoms with E-state index in [9.17, 15) is 4.39 Å². The molecule has 0 bridgehead atoms. The van der Waals surface area contributed by atoms with Crippen molar-refractivity contribution in [1.82, 2.24) is 0 Å². The maximum absolute atomic E-state index is 12.4. The highest BCUT2D eigenvalue weighted by molar-refractivity contribution is 6.93. The second-order valence-electron chi connectivity index (χ2n) is 18.9. The van der Waals surface area contributed by atoms with Crippen LogP contribution in [0, 0.1) is 0 Å². The van der Waals surface area contributed by atoms with Crippen LogP contribution < -0.4 is 0 Å². The lowest BCUT2D eigenvalue weighted by Crippen LogP contribution is -2.62. The van der Waals surface area contributed by atoms with Gasteiger partial charge in [-0.25, -0.2) is 4.39 Å². The van der Waals surface area contributed by atoms with Gasteiger partial charge < -0.3 is 55.1 Å². The summed E-state index contributed by atoms with van der Waals surface area (Å²) < 4.78 is 95.1. The molecule has 0 rings (SSSR count). The second kappa shape index (κ2) is 21.7. The molecule has 0 N–H and O–H groups in total. The molecule has 0 aliphatic rings. The van der Waals surface area contributed by atoms with Crippen LogP contribution in [0.2, 0.25) is 149 Å². The molecule has 0 amide bonds. The van der Waals surface area contributed by atoms with Gasteiger partial charge in [-0.15, -0.1) is 0 Å². The summed E-state index contributed by atoms with van der Waals surface area (Å²) in [6.07, 6.45) is 1.66. The smallest absolute Gasteiger partial charge is 0.436 e. The summed E-state index contributed by atoms with van der Waals surface area (Å²) in [7, 11) is -23.2. The summed E-state index contributed by atoms with van der Waals surface area (Å²) in [4.78, 5) is 0. The van der Waals surface area contributed by atoms with Crippen LogP contribution in [-0.4, -0.2) is 129 Å². The van der Waals surface area contributed by atoms with Gasteiger partial charge in [0.05, 0.1) is 0 Å². The van der Waals surface area contributed by atoms with Gasteiger partial charge in [0.1, 0.15) is 0 Å². The SMILES string of the molecule is CO[Si](CCC[Si](C)(C)O[Si](C)(C)O[Si](C)(C)O[Si](C)(C)O[Si](C)(C)O[Si](C)(C)O[Si](C)(C)O[Si](C)(C)O[Si](C)(C)O[Si](C)(C)CCCOCF)(OC)OC. The van der Waals surface area contributed by atoms with Crippen molar-refractivity contribution in [3.63, 3.8) is 0 Å². The first kappa shape index (κ1) is 56.8. The summed E-state index contributed by atoms with van der Waals surface area (Å²) in [5.41, 5.74) is 0. The highest BCUT2D eigenvalue weighted by atomic mass is 28.5. The first-order valence-corrected chi connectivity index (χ1v) is 50.1. The molecule has 0 radical (unpaired) electrons. The van der Waals surface area contributed by atoms with Crippen LogP contribution in [0.3, 0.4) is 0 Å². The molecule has 13 nitrogen and oxygen atoms in total. The van der Waals surface area contributed by atoms with Gasteiger partial charge in [-0.1, -0.05) is 0 Å². The molecule has 0 aliphatic carbocycles. The number of alkyl halides is 1. The lowest BCUT2D eigenvalue weighted by Gasteiger charge is -2.44. The van der Waals surface area contributed by atoms with Crippen molar-refractivity contribution in [3.8, 4) is 0 Å². The van der Waals surface area contributed by atoms with Crippen LogP contribution in [0.15, 0.2) is 0 Å². The third-order valence-corrected chi connectivity index (χ3v) is 49.7. The van der Waals surface area contributed by atoms with Gasteiger partial charge in [-0.2, -0.15) is 0 Å². The molecule has 0 heterocycles. The Morgan fingerprint density at radius 3 is 0.800 bits per heavy atom. The van der Waals surface area contributed by atoms with E-state index in [-0.39, 0.29) is 0 Å². The third-order valence-electron chi connectivity index (χ3n) is 7.82. The third kappa shape index (κ3) is 25.4. The summed E-state index contributed by atoms with van der Waals surface area (Å²) in [5, 5.41) is 0. The van der Waals surface area contributed by atoms with Gasteiger partial charge in [-0.3, -0.25) is 0 Å². The molecule has 0 fully saturated rings. The Morgan fingerprint density at radius 1 is 0.327 bits per heavy atom. The van der Waals surface area contributed by atoms with Crippen molar-refractivity contribution in [2.75, 3.05) is 34.8 Å². The van der Waals surface area contributed by atoms with E-state index >= 15 is 0 Å². The van der Waals surface area contributed by atoms with Crippen molar-refractivity contribution in [2.45, 2.75) is 162 Å². The highest BCUT2D eigenvalue weighted by Gasteiger charge is 2.50. The van der Waals surface area contributed by atoms with Gasteiger partial charge in [-0.05, 0) is 156 Å². The van der Waals surface area contributed by atoms with Crippen molar-refractivity contribution in [2.24, 2.45) is 0 Å². The van der Waals surface area contributed by atoms with E-state index < -0.39 is 101 Å². The number of hydrogen-bond acceptors (Lipinski definition) is 13. The molecular formula is C30H83FO13Si11. The minimum atomic E-state index is -2.74. The molecule has 0 aliphatic heterocycles. The molecular weight excluding hydrogens is 896 g/mol. The van der Waals surface area contributed by atoms with Gasteiger partial charge in [0, 0.05) is 34.0 Å². The number of halogens is 1. The topological polar surface area (TPSA) is 120 Å². The molecule has 0 saturated carbocycles. The van der Waals surface area contributed by atoms with E-state index in [1.165, 1.54) is 0 Å². The normalized spacial score (nSPS) is 15.3. The van der Waals surface area contributed by atoms with Gasteiger partial charge in [0.2, 0.25) is 0 Å². The quantitative estimate of drug-likeness (QED) is 0.0503. The summed E-state index contributed by atoms with van der Waals surface area (Å²) >= 11 is 0. The summed E-state index contributed by atoms with van der Waals surface area (Å²) in [6, 6.07) is 2.55. The fourth-order valence-electron chi connectivity index (χ4n) is 7.68. The monoisotopic (exact) mass is 978 g/mol. The Morgan fingerprint density at radius 2 is 0.564 bits per heavy atom. The first-order valence-electron chi connectivity index (χ1n) is 19.4. The van der Waals surface area contributed by atoms with E-state index in [0.29, 0.717) is 6.61 Å². The Bertz CT molecular complexity index is 1140. The van der Waals surface area contributed by atoms with Crippen molar-refractivity contribution < 1.29 is 59.4 Å². The van der Waals surface area contributed by atoms with Crippen LogP contribution in [0.1, 0.15) is 12.8 Å². The standard InChI is InChI=1S/C30H83FO13Si11/c1-32-55(33-2,34-3)29-25-28-46(6,7)37-48(10,11)39-50(14,15)41-52(18,19)43-54(22,23)44-53(20,21)42-51(16,17)40-49(12,13)38-47(8,9)36-45(4,5)27-24-26-35-30-31/h24-30H2,1-23H3. The van der Waals surface area contributed by atoms with Crippen LogP contribution in [0.25, 0.3) is 0 Å². The molecule has 0 atom stereocenters. The van der Waals surface area contributed by atoms with Crippen LogP contribution in [0.5, 0.6) is 0 Å². The number of ether oxygens (including phenoxy) is 1. The molecule has 55 heavy (non-hydrogen) atoms. The lowest BCUT2D eigenvalue weighted by molar-refractivity contribution is 0.0580. The predicted octanol–water partition coefficient (Wildman–Crippen LogP) is 9.76. The highest BCUT2D eigenvalue weighted by Crippen LogP contribution is 2.32. The summed E-state index contributed by atoms with van der Waals surface area (Å²) in [6.45, 7) is 41.5. The number of rotatable bonds is 30. The Hall–Kier alpha value is 1.80. The zero-order valence-electron chi connectivity index (χ0n) is 39.1. The fourth-order valence-corrected chi connectivity index (χ4v) is 60.7.